The monoisotopic (exact) mass is 345 g/mol. The summed E-state index contributed by atoms with van der Waals surface area (Å²) in [5.41, 5.74) is 2.47. The van der Waals surface area contributed by atoms with E-state index in [1.54, 1.807) is 18.2 Å². The van der Waals surface area contributed by atoms with E-state index in [1.807, 2.05) is 12.1 Å². The fraction of sp³-hybridized carbons (Fsp3) is 0.286. The predicted octanol–water partition coefficient (Wildman–Crippen LogP) is 3.82. The van der Waals surface area contributed by atoms with Gasteiger partial charge >= 0.3 is 0 Å². The number of nitriles is 2. The molecule has 1 aliphatic carbocycles. The average Bonchev–Trinajstić information content (AvgIpc) is 2.85. The molecule has 0 spiro atoms. The van der Waals surface area contributed by atoms with Gasteiger partial charge in [-0.25, -0.2) is 0 Å². The van der Waals surface area contributed by atoms with Crippen LogP contribution in [0.15, 0.2) is 58.5 Å². The van der Waals surface area contributed by atoms with Crippen molar-refractivity contribution in [3.63, 3.8) is 0 Å². The van der Waals surface area contributed by atoms with Crippen molar-refractivity contribution in [1.82, 2.24) is 0 Å². The number of aliphatic hydroxyl groups is 1. The number of ketones is 1. The lowest BCUT2D eigenvalue weighted by atomic mass is 9.79. The fourth-order valence-electron chi connectivity index (χ4n) is 3.63. The molecule has 0 aromatic heterocycles. The molecular formula is C21H19N3O2. The molecule has 1 aromatic carbocycles. The predicted molar refractivity (Wildman–Crippen MR) is 98.1 cm³/mol. The van der Waals surface area contributed by atoms with Gasteiger partial charge in [-0.15, -0.1) is 0 Å². The number of allylic oxidation sites excluding steroid dienone is 5. The summed E-state index contributed by atoms with van der Waals surface area (Å²) >= 11 is 0. The second-order valence-corrected chi connectivity index (χ2v) is 6.89. The molecule has 26 heavy (non-hydrogen) atoms. The quantitative estimate of drug-likeness (QED) is 0.664. The molecule has 0 fully saturated rings. The zero-order valence-electron chi connectivity index (χ0n) is 15.0. The van der Waals surface area contributed by atoms with Crippen molar-refractivity contribution in [2.45, 2.75) is 32.6 Å². The van der Waals surface area contributed by atoms with Crippen molar-refractivity contribution in [1.29, 1.82) is 10.5 Å². The molecule has 2 aliphatic rings. The van der Waals surface area contributed by atoms with Crippen molar-refractivity contribution in [3.8, 4) is 12.1 Å². The van der Waals surface area contributed by atoms with Crippen molar-refractivity contribution < 1.29 is 9.90 Å². The highest BCUT2D eigenvalue weighted by molar-refractivity contribution is 6.22. The molecule has 0 saturated heterocycles. The van der Waals surface area contributed by atoms with E-state index in [9.17, 15) is 9.90 Å². The Hall–Kier alpha value is -3.31. The van der Waals surface area contributed by atoms with Crippen LogP contribution in [-0.4, -0.2) is 17.4 Å². The normalized spacial score (nSPS) is 19.1. The molecule has 0 atom stereocenters. The van der Waals surface area contributed by atoms with Crippen LogP contribution >= 0.6 is 0 Å². The molecule has 5 heteroatoms. The molecule has 1 aromatic rings. The maximum absolute atomic E-state index is 12.4. The minimum atomic E-state index is -0.462. The summed E-state index contributed by atoms with van der Waals surface area (Å²) < 4.78 is 0. The van der Waals surface area contributed by atoms with Gasteiger partial charge in [0.05, 0.1) is 11.1 Å². The average molecular weight is 345 g/mol. The van der Waals surface area contributed by atoms with Gasteiger partial charge in [0, 0.05) is 23.3 Å². The molecule has 1 aliphatic heterocycles. The van der Waals surface area contributed by atoms with Gasteiger partial charge in [-0.1, -0.05) is 39.0 Å². The molecule has 130 valence electrons. The smallest absolute Gasteiger partial charge is 0.202 e. The largest absolute Gasteiger partial charge is 0.506 e. The molecule has 0 unspecified atom stereocenters. The van der Waals surface area contributed by atoms with Crippen LogP contribution in [0.1, 0.15) is 32.8 Å². The molecule has 3 rings (SSSR count). The van der Waals surface area contributed by atoms with Crippen LogP contribution in [-0.2, 0) is 10.2 Å². The van der Waals surface area contributed by atoms with Crippen LogP contribution < -0.4 is 4.90 Å². The summed E-state index contributed by atoms with van der Waals surface area (Å²) in [6.07, 6.45) is 2.63. The van der Waals surface area contributed by atoms with Gasteiger partial charge in [-0.3, -0.25) is 4.79 Å². The van der Waals surface area contributed by atoms with Gasteiger partial charge < -0.3 is 10.0 Å². The topological polar surface area (TPSA) is 88.1 Å². The Kier molecular flexibility index (Phi) is 4.18. The Bertz CT molecular complexity index is 965. The van der Waals surface area contributed by atoms with Crippen LogP contribution in [0.25, 0.3) is 0 Å². The van der Waals surface area contributed by atoms with Crippen LogP contribution in [0.4, 0.5) is 5.69 Å². The van der Waals surface area contributed by atoms with Gasteiger partial charge in [0.2, 0.25) is 5.78 Å². The Labute approximate surface area is 152 Å². The number of anilines is 1. The Morgan fingerprint density at radius 1 is 1.27 bits per heavy atom. The summed E-state index contributed by atoms with van der Waals surface area (Å²) in [6, 6.07) is 11.4. The van der Waals surface area contributed by atoms with Crippen LogP contribution in [0, 0.1) is 22.7 Å². The SMILES string of the molecule is CCCN1/C(=C/C2=C(O)C(=C(C#N)C#N)C2=O)C(C)(C)c2ccccc21. The second-order valence-electron chi connectivity index (χ2n) is 6.89. The first-order chi connectivity index (χ1) is 12.4. The third-order valence-electron chi connectivity index (χ3n) is 4.96. The molecule has 5 nitrogen and oxygen atoms in total. The lowest BCUT2D eigenvalue weighted by molar-refractivity contribution is -0.113. The van der Waals surface area contributed by atoms with E-state index < -0.39 is 5.78 Å². The zero-order valence-corrected chi connectivity index (χ0v) is 15.0. The highest BCUT2D eigenvalue weighted by Crippen LogP contribution is 2.48. The highest BCUT2D eigenvalue weighted by Gasteiger charge is 2.42. The minimum Gasteiger partial charge on any atom is -0.506 e. The van der Waals surface area contributed by atoms with Crippen molar-refractivity contribution in [2.24, 2.45) is 0 Å². The van der Waals surface area contributed by atoms with Crippen LogP contribution in [0.3, 0.4) is 0 Å². The fourth-order valence-corrected chi connectivity index (χ4v) is 3.63. The number of carbonyl (C=O) groups is 1. The van der Waals surface area contributed by atoms with Gasteiger partial charge in [0.15, 0.2) is 0 Å². The van der Waals surface area contributed by atoms with E-state index in [2.05, 4.69) is 37.8 Å². The number of aliphatic hydroxyl groups excluding tert-OH is 1. The number of carbonyl (C=O) groups excluding carboxylic acids is 1. The number of Topliss-reactive ketones (excluding diaryl/α,β-unsaturated/α-hetero) is 1. The number of hydrogen-bond donors (Lipinski definition) is 1. The lowest BCUT2D eigenvalue weighted by Gasteiger charge is -2.29. The van der Waals surface area contributed by atoms with Gasteiger partial charge in [-0.05, 0) is 24.1 Å². The summed E-state index contributed by atoms with van der Waals surface area (Å²) in [6.45, 7) is 7.05. The van der Waals surface area contributed by atoms with Crippen molar-refractivity contribution in [2.75, 3.05) is 11.4 Å². The van der Waals surface area contributed by atoms with E-state index in [0.29, 0.717) is 0 Å². The van der Waals surface area contributed by atoms with Crippen molar-refractivity contribution >= 4 is 11.5 Å². The molecular weight excluding hydrogens is 326 g/mol. The number of para-hydroxylation sites is 1. The van der Waals surface area contributed by atoms with Gasteiger partial charge in [0.25, 0.3) is 0 Å². The number of fused-ring (bicyclic) bond motifs is 1. The highest BCUT2D eigenvalue weighted by atomic mass is 16.3. The molecule has 0 radical (unpaired) electrons. The standard InChI is InChI=1S/C21H19N3O2/c1-4-9-24-16-8-6-5-7-15(16)21(2,3)17(24)10-14-19(25)18(20(14)26)13(11-22)12-23/h5-8,10,25H,4,9H2,1-3H3/b17-10+. The van der Waals surface area contributed by atoms with Crippen molar-refractivity contribution in [3.05, 3.63) is 64.1 Å². The first-order valence-corrected chi connectivity index (χ1v) is 8.50. The summed E-state index contributed by atoms with van der Waals surface area (Å²) in [4.78, 5) is 14.6. The van der Waals surface area contributed by atoms with Gasteiger partial charge in [-0.2, -0.15) is 10.5 Å². The molecule has 1 N–H and O–H groups in total. The third-order valence-corrected chi connectivity index (χ3v) is 4.96. The molecule has 0 saturated carbocycles. The molecule has 1 heterocycles. The lowest BCUT2D eigenvalue weighted by Crippen LogP contribution is -2.29. The Balaban J connectivity index is 2.15. The maximum atomic E-state index is 12.4. The van der Waals surface area contributed by atoms with Gasteiger partial charge in [0.1, 0.15) is 23.5 Å². The second kappa shape index (κ2) is 6.20. The Morgan fingerprint density at radius 2 is 1.92 bits per heavy atom. The van der Waals surface area contributed by atoms with E-state index in [1.165, 1.54) is 0 Å². The van der Waals surface area contributed by atoms with Crippen LogP contribution in [0.2, 0.25) is 0 Å². The van der Waals surface area contributed by atoms with E-state index >= 15 is 0 Å². The molecule has 0 amide bonds. The first-order valence-electron chi connectivity index (χ1n) is 8.50. The summed E-state index contributed by atoms with van der Waals surface area (Å²) in [5, 5.41) is 28.2. The Morgan fingerprint density at radius 3 is 2.50 bits per heavy atom. The van der Waals surface area contributed by atoms with E-state index in [0.717, 1.165) is 29.9 Å². The number of hydrogen-bond acceptors (Lipinski definition) is 5. The maximum Gasteiger partial charge on any atom is 0.202 e. The first kappa shape index (κ1) is 17.5. The van der Waals surface area contributed by atoms with E-state index in [4.69, 9.17) is 10.5 Å². The minimum absolute atomic E-state index is 0.153. The third kappa shape index (κ3) is 2.33. The number of nitrogens with zero attached hydrogens (tertiary/aromatic N) is 3. The number of rotatable bonds is 3. The zero-order chi connectivity index (χ0) is 19.1. The van der Waals surface area contributed by atoms with E-state index in [-0.39, 0.29) is 27.9 Å². The van der Waals surface area contributed by atoms with Crippen LogP contribution in [0.5, 0.6) is 0 Å². The summed E-state index contributed by atoms with van der Waals surface area (Å²) in [5.74, 6) is -0.736. The molecule has 0 bridgehead atoms. The summed E-state index contributed by atoms with van der Waals surface area (Å²) in [7, 11) is 0. The number of benzene rings is 1.